The molecule has 1 aliphatic heterocycles. The van der Waals surface area contributed by atoms with Crippen molar-refractivity contribution in [1.29, 1.82) is 0 Å². The van der Waals surface area contributed by atoms with E-state index in [9.17, 15) is 18.0 Å². The second-order valence-electron chi connectivity index (χ2n) is 5.29. The van der Waals surface area contributed by atoms with Crippen molar-refractivity contribution in [1.82, 2.24) is 21.5 Å². The van der Waals surface area contributed by atoms with Gasteiger partial charge in [-0.25, -0.2) is 15.6 Å². The van der Waals surface area contributed by atoms with Crippen LogP contribution in [0, 0.1) is 0 Å². The number of methoxy groups -OCH3 is 1. The molecule has 6 nitrogen and oxygen atoms in total. The monoisotopic (exact) mass is 340 g/mol. The second-order valence-corrected chi connectivity index (χ2v) is 5.29. The van der Waals surface area contributed by atoms with E-state index in [2.05, 4.69) is 21.1 Å². The SMILES string of the molecule is COC(=O)N1NNC(C(F)(F)F)C(c2ccc3ccccc3c2)N1. The van der Waals surface area contributed by atoms with Gasteiger partial charge in [0, 0.05) is 0 Å². The first-order chi connectivity index (χ1) is 11.4. The van der Waals surface area contributed by atoms with Crippen LogP contribution in [0.4, 0.5) is 18.0 Å². The molecular weight excluding hydrogens is 325 g/mol. The average molecular weight is 340 g/mol. The summed E-state index contributed by atoms with van der Waals surface area (Å²) < 4.78 is 44.5. The first-order valence-corrected chi connectivity index (χ1v) is 7.11. The summed E-state index contributed by atoms with van der Waals surface area (Å²) >= 11 is 0. The Morgan fingerprint density at radius 3 is 2.54 bits per heavy atom. The minimum atomic E-state index is -4.53. The van der Waals surface area contributed by atoms with Crippen LogP contribution in [0.2, 0.25) is 0 Å². The fraction of sp³-hybridized carbons (Fsp3) is 0.267. The van der Waals surface area contributed by atoms with Gasteiger partial charge in [-0.2, -0.15) is 18.3 Å². The number of alkyl halides is 3. The number of hydrogen-bond acceptors (Lipinski definition) is 5. The highest BCUT2D eigenvalue weighted by molar-refractivity contribution is 5.83. The Morgan fingerprint density at radius 1 is 1.17 bits per heavy atom. The molecule has 2 aromatic rings. The number of nitrogens with zero attached hydrogens (tertiary/aromatic N) is 1. The van der Waals surface area contributed by atoms with E-state index in [1.807, 2.05) is 24.3 Å². The van der Waals surface area contributed by atoms with Crippen molar-refractivity contribution in [3.8, 4) is 0 Å². The molecule has 0 aromatic heterocycles. The summed E-state index contributed by atoms with van der Waals surface area (Å²) in [5.41, 5.74) is 7.14. The molecule has 2 unspecified atom stereocenters. The van der Waals surface area contributed by atoms with Gasteiger partial charge in [0.25, 0.3) is 0 Å². The van der Waals surface area contributed by atoms with Gasteiger partial charge in [-0.1, -0.05) is 36.4 Å². The third-order valence-electron chi connectivity index (χ3n) is 3.78. The number of benzene rings is 2. The van der Waals surface area contributed by atoms with Crippen molar-refractivity contribution >= 4 is 16.9 Å². The molecule has 0 spiro atoms. The molecule has 3 rings (SSSR count). The molecule has 0 saturated carbocycles. The highest BCUT2D eigenvalue weighted by atomic mass is 19.4. The molecule has 1 amide bonds. The standard InChI is InChI=1S/C15H15F3N4O2/c1-24-14(23)22-20-12(13(19-21-22)15(16,17)18)11-7-6-9-4-2-3-5-10(9)8-11/h2-8,12-13,19-21H,1H3. The first kappa shape index (κ1) is 16.5. The maximum Gasteiger partial charge on any atom is 0.440 e. The molecule has 1 fully saturated rings. The summed E-state index contributed by atoms with van der Waals surface area (Å²) in [4.78, 5) is 11.6. The molecular formula is C15H15F3N4O2. The maximum atomic E-state index is 13.3. The molecule has 2 atom stereocenters. The minimum Gasteiger partial charge on any atom is -0.451 e. The topological polar surface area (TPSA) is 65.6 Å². The average Bonchev–Trinajstić information content (AvgIpc) is 2.59. The van der Waals surface area contributed by atoms with Gasteiger partial charge in [0.1, 0.15) is 6.04 Å². The number of ether oxygens (including phenoxy) is 1. The summed E-state index contributed by atoms with van der Waals surface area (Å²) in [5.74, 6) is 0. The van der Waals surface area contributed by atoms with E-state index in [1.54, 1.807) is 18.2 Å². The molecule has 0 aliphatic carbocycles. The van der Waals surface area contributed by atoms with E-state index < -0.39 is 24.4 Å². The van der Waals surface area contributed by atoms with Crippen LogP contribution in [0.3, 0.4) is 0 Å². The summed E-state index contributed by atoms with van der Waals surface area (Å²) in [6.45, 7) is 0. The van der Waals surface area contributed by atoms with Crippen molar-refractivity contribution in [3.63, 3.8) is 0 Å². The van der Waals surface area contributed by atoms with Crippen molar-refractivity contribution in [3.05, 3.63) is 48.0 Å². The van der Waals surface area contributed by atoms with E-state index in [4.69, 9.17) is 0 Å². The number of carbonyl (C=O) groups is 1. The predicted octanol–water partition coefficient (Wildman–Crippen LogP) is 2.41. The quantitative estimate of drug-likeness (QED) is 0.744. The van der Waals surface area contributed by atoms with Crippen LogP contribution in [-0.4, -0.2) is 30.5 Å². The molecule has 1 aliphatic rings. The minimum absolute atomic E-state index is 0.388. The van der Waals surface area contributed by atoms with Crippen LogP contribution in [0.25, 0.3) is 10.8 Å². The van der Waals surface area contributed by atoms with Crippen molar-refractivity contribution in [2.75, 3.05) is 7.11 Å². The number of hydrogen-bond donors (Lipinski definition) is 3. The van der Waals surface area contributed by atoms with E-state index in [1.165, 1.54) is 0 Å². The summed E-state index contributed by atoms with van der Waals surface area (Å²) in [5, 5.41) is 2.46. The number of fused-ring (bicyclic) bond motifs is 1. The molecule has 1 saturated heterocycles. The van der Waals surface area contributed by atoms with E-state index in [0.717, 1.165) is 23.0 Å². The zero-order chi connectivity index (χ0) is 17.3. The maximum absolute atomic E-state index is 13.3. The summed E-state index contributed by atoms with van der Waals surface area (Å²) in [6, 6.07) is 9.20. The number of nitrogens with one attached hydrogen (secondary N) is 3. The van der Waals surface area contributed by atoms with Crippen LogP contribution < -0.4 is 16.4 Å². The van der Waals surface area contributed by atoms with Gasteiger partial charge < -0.3 is 4.74 Å². The number of rotatable bonds is 1. The fourth-order valence-corrected chi connectivity index (χ4v) is 2.59. The smallest absolute Gasteiger partial charge is 0.440 e. The Bertz CT molecular complexity index is 753. The van der Waals surface area contributed by atoms with Gasteiger partial charge in [0.15, 0.2) is 0 Å². The summed E-state index contributed by atoms with van der Waals surface area (Å²) in [6.07, 6.45) is -5.40. The zero-order valence-corrected chi connectivity index (χ0v) is 12.6. The van der Waals surface area contributed by atoms with Gasteiger partial charge in [0.2, 0.25) is 0 Å². The third-order valence-corrected chi connectivity index (χ3v) is 3.78. The third kappa shape index (κ3) is 3.14. The Kier molecular flexibility index (Phi) is 4.31. The lowest BCUT2D eigenvalue weighted by Gasteiger charge is -2.40. The molecule has 9 heteroatoms. The van der Waals surface area contributed by atoms with Crippen LogP contribution in [0.1, 0.15) is 11.6 Å². The number of amides is 1. The fourth-order valence-electron chi connectivity index (χ4n) is 2.59. The van der Waals surface area contributed by atoms with Crippen LogP contribution in [0.15, 0.2) is 42.5 Å². The van der Waals surface area contributed by atoms with Crippen LogP contribution in [0.5, 0.6) is 0 Å². The zero-order valence-electron chi connectivity index (χ0n) is 12.6. The lowest BCUT2D eigenvalue weighted by Crippen LogP contribution is -2.71. The van der Waals surface area contributed by atoms with Crippen LogP contribution >= 0.6 is 0 Å². The van der Waals surface area contributed by atoms with Crippen molar-refractivity contribution in [2.45, 2.75) is 18.3 Å². The van der Waals surface area contributed by atoms with Gasteiger partial charge in [-0.05, 0) is 22.4 Å². The van der Waals surface area contributed by atoms with Crippen molar-refractivity contribution < 1.29 is 22.7 Å². The van der Waals surface area contributed by atoms with Gasteiger partial charge in [-0.3, -0.25) is 0 Å². The highest BCUT2D eigenvalue weighted by Gasteiger charge is 2.49. The second kappa shape index (κ2) is 6.27. The molecule has 0 bridgehead atoms. The molecule has 3 N–H and O–H groups in total. The highest BCUT2D eigenvalue weighted by Crippen LogP contribution is 2.32. The van der Waals surface area contributed by atoms with E-state index >= 15 is 0 Å². The molecule has 2 aromatic carbocycles. The Morgan fingerprint density at radius 2 is 1.88 bits per heavy atom. The lowest BCUT2D eigenvalue weighted by molar-refractivity contribution is -0.187. The summed E-state index contributed by atoms with van der Waals surface area (Å²) in [7, 11) is 1.13. The molecule has 24 heavy (non-hydrogen) atoms. The van der Waals surface area contributed by atoms with E-state index in [-0.39, 0.29) is 0 Å². The Balaban J connectivity index is 1.98. The van der Waals surface area contributed by atoms with Gasteiger partial charge in [0.05, 0.1) is 13.2 Å². The molecule has 128 valence electrons. The lowest BCUT2D eigenvalue weighted by atomic mass is 9.96. The van der Waals surface area contributed by atoms with Gasteiger partial charge in [-0.15, -0.1) is 5.53 Å². The first-order valence-electron chi connectivity index (χ1n) is 7.11. The predicted molar refractivity (Wildman–Crippen MR) is 80.2 cm³/mol. The van der Waals surface area contributed by atoms with E-state index in [0.29, 0.717) is 5.56 Å². The number of carbonyl (C=O) groups excluding carboxylic acids is 1. The Hall–Kier alpha value is -2.36. The number of hydrazine groups is 3. The number of halogens is 3. The Labute approximate surface area is 135 Å². The molecule has 1 heterocycles. The largest absolute Gasteiger partial charge is 0.451 e. The molecule has 0 radical (unpaired) electrons. The van der Waals surface area contributed by atoms with Gasteiger partial charge >= 0.3 is 12.3 Å². The van der Waals surface area contributed by atoms with Crippen molar-refractivity contribution in [2.24, 2.45) is 0 Å². The normalized spacial score (nSPS) is 21.8. The van der Waals surface area contributed by atoms with Crippen LogP contribution in [-0.2, 0) is 4.74 Å².